The van der Waals surface area contributed by atoms with E-state index >= 15 is 0 Å². The highest BCUT2D eigenvalue weighted by Crippen LogP contribution is 2.31. The van der Waals surface area contributed by atoms with Crippen LogP contribution in [-0.4, -0.2) is 23.3 Å². The first kappa shape index (κ1) is 20.6. The zero-order valence-corrected chi connectivity index (χ0v) is 18.1. The van der Waals surface area contributed by atoms with Gasteiger partial charge in [-0.2, -0.15) is 0 Å². The van der Waals surface area contributed by atoms with Crippen molar-refractivity contribution < 1.29 is 9.59 Å². The second kappa shape index (κ2) is 8.60. The van der Waals surface area contributed by atoms with E-state index in [4.69, 9.17) is 0 Å². The predicted molar refractivity (Wildman–Crippen MR) is 125 cm³/mol. The van der Waals surface area contributed by atoms with Crippen LogP contribution >= 0.6 is 0 Å². The molecule has 1 aliphatic rings. The molecule has 0 unspecified atom stereocenters. The summed E-state index contributed by atoms with van der Waals surface area (Å²) in [4.78, 5) is 28.0. The van der Waals surface area contributed by atoms with E-state index in [1.54, 1.807) is 0 Å². The van der Waals surface area contributed by atoms with E-state index in [1.165, 1.54) is 10.5 Å². The Morgan fingerprint density at radius 1 is 0.774 bits per heavy atom. The Morgan fingerprint density at radius 3 is 2.16 bits per heavy atom. The lowest BCUT2D eigenvalue weighted by Crippen LogP contribution is -2.34. The van der Waals surface area contributed by atoms with Crippen molar-refractivity contribution in [1.29, 1.82) is 0 Å². The van der Waals surface area contributed by atoms with Crippen LogP contribution < -0.4 is 5.32 Å². The highest BCUT2D eigenvalue weighted by molar-refractivity contribution is 6.36. The number of aryl methyl sites for hydroxylation is 3. The lowest BCUT2D eigenvalue weighted by atomic mass is 10.0. The summed E-state index contributed by atoms with van der Waals surface area (Å²) in [6.07, 6.45) is 0.621. The number of amides is 2. The molecule has 1 N–H and O–H groups in total. The van der Waals surface area contributed by atoms with Gasteiger partial charge in [0.1, 0.15) is 5.70 Å². The maximum atomic E-state index is 13.4. The van der Waals surface area contributed by atoms with Crippen LogP contribution in [0.15, 0.2) is 78.5 Å². The maximum absolute atomic E-state index is 13.4. The number of hydrogen-bond donors (Lipinski definition) is 1. The van der Waals surface area contributed by atoms with Gasteiger partial charge in [0.2, 0.25) is 0 Å². The molecule has 3 aromatic carbocycles. The third-order valence-electron chi connectivity index (χ3n) is 5.75. The van der Waals surface area contributed by atoms with Crippen molar-refractivity contribution in [2.24, 2.45) is 0 Å². The summed E-state index contributed by atoms with van der Waals surface area (Å²) in [6, 6.07) is 23.6. The van der Waals surface area contributed by atoms with Gasteiger partial charge in [0.05, 0.1) is 5.57 Å². The number of nitrogens with zero attached hydrogens (tertiary/aromatic N) is 1. The SMILES string of the molecule is Cc1ccc(C2=C(Nc3ccc(C)c(C)c3)C(=O)N(CCc3ccccc3)C2=O)cc1. The normalized spacial score (nSPS) is 13.8. The van der Waals surface area contributed by atoms with E-state index in [0.717, 1.165) is 27.9 Å². The number of benzene rings is 3. The van der Waals surface area contributed by atoms with E-state index in [0.29, 0.717) is 24.2 Å². The molecule has 4 rings (SSSR count). The number of rotatable bonds is 6. The molecule has 0 aromatic heterocycles. The first-order valence-corrected chi connectivity index (χ1v) is 10.5. The zero-order chi connectivity index (χ0) is 22.0. The van der Waals surface area contributed by atoms with Crippen molar-refractivity contribution >= 4 is 23.1 Å². The standard InChI is InChI=1S/C27H26N2O2/c1-18-9-12-22(13-10-18)24-25(28-23-14-11-19(2)20(3)17-23)27(31)29(26(24)30)16-15-21-7-5-4-6-8-21/h4-14,17,28H,15-16H2,1-3H3. The molecule has 4 nitrogen and oxygen atoms in total. The van der Waals surface area contributed by atoms with E-state index in [2.05, 4.69) is 5.32 Å². The van der Waals surface area contributed by atoms with Crippen LogP contribution in [0.3, 0.4) is 0 Å². The maximum Gasteiger partial charge on any atom is 0.278 e. The zero-order valence-electron chi connectivity index (χ0n) is 18.1. The molecule has 1 heterocycles. The number of imide groups is 1. The fourth-order valence-electron chi connectivity index (χ4n) is 3.73. The molecule has 31 heavy (non-hydrogen) atoms. The molecular formula is C27H26N2O2. The number of nitrogens with one attached hydrogen (secondary N) is 1. The summed E-state index contributed by atoms with van der Waals surface area (Å²) in [5, 5.41) is 3.25. The van der Waals surface area contributed by atoms with Crippen LogP contribution in [0.25, 0.3) is 5.57 Å². The van der Waals surface area contributed by atoms with Crippen LogP contribution in [0.1, 0.15) is 27.8 Å². The van der Waals surface area contributed by atoms with Gasteiger partial charge in [-0.15, -0.1) is 0 Å². The molecule has 0 aliphatic carbocycles. The molecule has 0 radical (unpaired) electrons. The minimum atomic E-state index is -0.283. The molecule has 0 fully saturated rings. The highest BCUT2D eigenvalue weighted by Gasteiger charge is 2.38. The number of carbonyl (C=O) groups excluding carboxylic acids is 2. The monoisotopic (exact) mass is 410 g/mol. The number of hydrogen-bond acceptors (Lipinski definition) is 3. The van der Waals surface area contributed by atoms with Crippen LogP contribution in [-0.2, 0) is 16.0 Å². The van der Waals surface area contributed by atoms with E-state index in [-0.39, 0.29) is 11.8 Å². The third-order valence-corrected chi connectivity index (χ3v) is 5.75. The molecule has 0 atom stereocenters. The first-order chi connectivity index (χ1) is 14.9. The van der Waals surface area contributed by atoms with Gasteiger partial charge < -0.3 is 5.32 Å². The van der Waals surface area contributed by atoms with Gasteiger partial charge in [-0.25, -0.2) is 0 Å². The first-order valence-electron chi connectivity index (χ1n) is 10.5. The number of carbonyl (C=O) groups is 2. The molecule has 0 saturated heterocycles. The predicted octanol–water partition coefficient (Wildman–Crippen LogP) is 5.05. The van der Waals surface area contributed by atoms with Gasteiger partial charge in [-0.1, -0.05) is 66.2 Å². The highest BCUT2D eigenvalue weighted by atomic mass is 16.2. The van der Waals surface area contributed by atoms with Gasteiger partial charge in [-0.3, -0.25) is 14.5 Å². The topological polar surface area (TPSA) is 49.4 Å². The third kappa shape index (κ3) is 4.29. The molecule has 0 bridgehead atoms. The fourth-order valence-corrected chi connectivity index (χ4v) is 3.73. The van der Waals surface area contributed by atoms with E-state index < -0.39 is 0 Å². The molecule has 0 saturated carbocycles. The Bertz CT molecular complexity index is 1160. The molecule has 156 valence electrons. The van der Waals surface area contributed by atoms with Crippen molar-refractivity contribution in [3.05, 3.63) is 106 Å². The van der Waals surface area contributed by atoms with Crippen LogP contribution in [0.2, 0.25) is 0 Å². The minimum Gasteiger partial charge on any atom is -0.350 e. The molecule has 2 amide bonds. The minimum absolute atomic E-state index is 0.254. The van der Waals surface area contributed by atoms with Gasteiger partial charge in [0.25, 0.3) is 11.8 Å². The van der Waals surface area contributed by atoms with Crippen LogP contribution in [0, 0.1) is 20.8 Å². The molecule has 0 spiro atoms. The van der Waals surface area contributed by atoms with Crippen molar-refractivity contribution in [3.8, 4) is 0 Å². The van der Waals surface area contributed by atoms with Crippen LogP contribution in [0.5, 0.6) is 0 Å². The molecule has 1 aliphatic heterocycles. The van der Waals surface area contributed by atoms with Gasteiger partial charge in [-0.05, 0) is 61.6 Å². The van der Waals surface area contributed by atoms with Gasteiger partial charge in [0, 0.05) is 12.2 Å². The Morgan fingerprint density at radius 2 is 1.48 bits per heavy atom. The average molecular weight is 411 g/mol. The molecule has 4 heteroatoms. The summed E-state index contributed by atoms with van der Waals surface area (Å²) in [5.41, 5.74) is 6.81. The van der Waals surface area contributed by atoms with Gasteiger partial charge >= 0.3 is 0 Å². The smallest absolute Gasteiger partial charge is 0.278 e. The van der Waals surface area contributed by atoms with Crippen molar-refractivity contribution in [3.63, 3.8) is 0 Å². The fraction of sp³-hybridized carbons (Fsp3) is 0.185. The summed E-state index contributed by atoms with van der Waals surface area (Å²) >= 11 is 0. The Kier molecular flexibility index (Phi) is 5.72. The lowest BCUT2D eigenvalue weighted by molar-refractivity contribution is -0.136. The quantitative estimate of drug-likeness (QED) is 0.579. The second-order valence-corrected chi connectivity index (χ2v) is 8.04. The summed E-state index contributed by atoms with van der Waals surface area (Å²) in [7, 11) is 0. The van der Waals surface area contributed by atoms with Crippen molar-refractivity contribution in [1.82, 2.24) is 4.90 Å². The summed E-state index contributed by atoms with van der Waals surface area (Å²) in [5.74, 6) is -0.536. The second-order valence-electron chi connectivity index (χ2n) is 8.04. The molecule has 3 aromatic rings. The Hall–Kier alpha value is -3.66. The largest absolute Gasteiger partial charge is 0.350 e. The molecular weight excluding hydrogens is 384 g/mol. The van der Waals surface area contributed by atoms with Crippen LogP contribution in [0.4, 0.5) is 5.69 Å². The van der Waals surface area contributed by atoms with Crippen molar-refractivity contribution in [2.45, 2.75) is 27.2 Å². The van der Waals surface area contributed by atoms with E-state index in [1.807, 2.05) is 93.6 Å². The van der Waals surface area contributed by atoms with Gasteiger partial charge in [0.15, 0.2) is 0 Å². The number of anilines is 1. The average Bonchev–Trinajstić information content (AvgIpc) is 3.00. The lowest BCUT2D eigenvalue weighted by Gasteiger charge is -2.15. The van der Waals surface area contributed by atoms with Crippen molar-refractivity contribution in [2.75, 3.05) is 11.9 Å². The Labute approximate surface area is 183 Å². The summed E-state index contributed by atoms with van der Waals surface area (Å²) < 4.78 is 0. The van der Waals surface area contributed by atoms with E-state index in [9.17, 15) is 9.59 Å². The Balaban J connectivity index is 1.68. The summed E-state index contributed by atoms with van der Waals surface area (Å²) in [6.45, 7) is 6.42.